The summed E-state index contributed by atoms with van der Waals surface area (Å²) in [6.07, 6.45) is 1.77. The number of nitrogens with zero attached hydrogens (tertiary/aromatic N) is 2. The monoisotopic (exact) mass is 383 g/mol. The molecule has 3 aromatic rings. The molecule has 1 amide bonds. The number of amides is 1. The number of methoxy groups -OCH3 is 1. The van der Waals surface area contributed by atoms with Crippen LogP contribution in [0.5, 0.6) is 5.75 Å². The Labute approximate surface area is 160 Å². The van der Waals surface area contributed by atoms with Crippen LogP contribution >= 0.6 is 0 Å². The third-order valence-electron chi connectivity index (χ3n) is 4.73. The number of aliphatic hydroxyl groups excluding tert-OH is 1. The molecule has 0 radical (unpaired) electrons. The first-order chi connectivity index (χ1) is 13.5. The van der Waals surface area contributed by atoms with Gasteiger partial charge in [0.15, 0.2) is 5.65 Å². The highest BCUT2D eigenvalue weighted by molar-refractivity contribution is 5.98. The van der Waals surface area contributed by atoms with Crippen molar-refractivity contribution >= 4 is 34.1 Å². The van der Waals surface area contributed by atoms with Crippen molar-refractivity contribution in [3.63, 3.8) is 0 Å². The molecule has 1 aromatic carbocycles. The summed E-state index contributed by atoms with van der Waals surface area (Å²) in [6.45, 7) is -0.105. The van der Waals surface area contributed by atoms with Gasteiger partial charge < -0.3 is 20.5 Å². The van der Waals surface area contributed by atoms with Gasteiger partial charge in [0, 0.05) is 19.0 Å². The summed E-state index contributed by atoms with van der Waals surface area (Å²) in [6, 6.07) is 6.87. The standard InChI is InChI=1S/C19H21N5O4/c1-24-19(27)16-13(20-12-6-3-10(9-25)7-14(12)28-2)8-15(21-17(16)23-24)22-18(26)11-4-5-11/h3,6-8,11,25H,4-5,9H2,1-2H3,(H3,20,21,22,23,26). The number of benzene rings is 1. The fourth-order valence-electron chi connectivity index (χ4n) is 3.04. The van der Waals surface area contributed by atoms with Crippen LogP contribution in [0.1, 0.15) is 18.4 Å². The molecular weight excluding hydrogens is 362 g/mol. The molecule has 146 valence electrons. The second-order valence-electron chi connectivity index (χ2n) is 6.84. The number of fused-ring (bicyclic) bond motifs is 1. The van der Waals surface area contributed by atoms with Crippen molar-refractivity contribution in [2.75, 3.05) is 17.7 Å². The van der Waals surface area contributed by atoms with Gasteiger partial charge in [0.1, 0.15) is 17.0 Å². The highest BCUT2D eigenvalue weighted by Gasteiger charge is 2.30. The van der Waals surface area contributed by atoms with Gasteiger partial charge in [-0.25, -0.2) is 4.98 Å². The minimum absolute atomic E-state index is 0.0369. The van der Waals surface area contributed by atoms with Crippen molar-refractivity contribution in [1.82, 2.24) is 14.8 Å². The summed E-state index contributed by atoms with van der Waals surface area (Å²) >= 11 is 0. The summed E-state index contributed by atoms with van der Waals surface area (Å²) < 4.78 is 6.73. The lowest BCUT2D eigenvalue weighted by Gasteiger charge is -2.14. The van der Waals surface area contributed by atoms with E-state index in [2.05, 4.69) is 20.7 Å². The Morgan fingerprint density at radius 3 is 2.82 bits per heavy atom. The van der Waals surface area contributed by atoms with Crippen LogP contribution in [0.15, 0.2) is 29.1 Å². The summed E-state index contributed by atoms with van der Waals surface area (Å²) in [5.74, 6) is 0.850. The van der Waals surface area contributed by atoms with Crippen molar-refractivity contribution in [2.24, 2.45) is 13.0 Å². The first kappa shape index (κ1) is 18.1. The molecule has 0 aliphatic heterocycles. The molecule has 4 N–H and O–H groups in total. The number of hydrogen-bond donors (Lipinski definition) is 4. The van der Waals surface area contributed by atoms with Gasteiger partial charge in [0.25, 0.3) is 5.56 Å². The largest absolute Gasteiger partial charge is 0.495 e. The zero-order valence-electron chi connectivity index (χ0n) is 15.6. The Hall–Kier alpha value is -3.33. The van der Waals surface area contributed by atoms with Crippen LogP contribution in [0.25, 0.3) is 11.0 Å². The number of ether oxygens (including phenoxy) is 1. The molecule has 0 unspecified atom stereocenters. The zero-order valence-corrected chi connectivity index (χ0v) is 15.6. The molecule has 9 heteroatoms. The van der Waals surface area contributed by atoms with Gasteiger partial charge in [-0.2, -0.15) is 0 Å². The number of rotatable bonds is 6. The predicted molar refractivity (Wildman–Crippen MR) is 105 cm³/mol. The van der Waals surface area contributed by atoms with Crippen LogP contribution < -0.4 is 20.9 Å². The Morgan fingerprint density at radius 2 is 2.14 bits per heavy atom. The first-order valence-electron chi connectivity index (χ1n) is 8.95. The van der Waals surface area contributed by atoms with E-state index in [4.69, 9.17) is 4.74 Å². The summed E-state index contributed by atoms with van der Waals surface area (Å²) in [5, 5.41) is 18.6. The molecule has 1 fully saturated rings. The molecule has 1 saturated carbocycles. The van der Waals surface area contributed by atoms with Gasteiger partial charge in [-0.1, -0.05) is 6.07 Å². The average molecular weight is 383 g/mol. The van der Waals surface area contributed by atoms with Crippen molar-refractivity contribution in [3.8, 4) is 5.75 Å². The maximum atomic E-state index is 12.5. The van der Waals surface area contributed by atoms with E-state index in [9.17, 15) is 14.7 Å². The van der Waals surface area contributed by atoms with Crippen molar-refractivity contribution in [1.29, 1.82) is 0 Å². The minimum atomic E-state index is -0.240. The number of carbonyl (C=O) groups excluding carboxylic acids is 1. The van der Waals surface area contributed by atoms with Crippen molar-refractivity contribution in [2.45, 2.75) is 19.4 Å². The van der Waals surface area contributed by atoms with E-state index in [1.807, 2.05) is 0 Å². The quantitative estimate of drug-likeness (QED) is 0.515. The summed E-state index contributed by atoms with van der Waals surface area (Å²) in [7, 11) is 3.13. The van der Waals surface area contributed by atoms with Gasteiger partial charge >= 0.3 is 0 Å². The predicted octanol–water partition coefficient (Wildman–Crippen LogP) is 1.85. The maximum Gasteiger partial charge on any atom is 0.277 e. The number of aryl methyl sites for hydroxylation is 1. The maximum absolute atomic E-state index is 12.5. The Balaban J connectivity index is 1.78. The molecule has 9 nitrogen and oxygen atoms in total. The van der Waals surface area contributed by atoms with Crippen LogP contribution in [0.4, 0.5) is 17.2 Å². The second-order valence-corrected chi connectivity index (χ2v) is 6.84. The molecule has 2 heterocycles. The van der Waals surface area contributed by atoms with Gasteiger partial charge in [-0.05, 0) is 30.5 Å². The molecule has 0 spiro atoms. The van der Waals surface area contributed by atoms with Gasteiger partial charge in [0.05, 0.1) is 25.1 Å². The molecule has 0 saturated heterocycles. The SMILES string of the molecule is COc1cc(CO)ccc1Nc1cc(NC(=O)C2CC2)nc2[nH]n(C)c(=O)c12. The van der Waals surface area contributed by atoms with Crippen LogP contribution in [0, 0.1) is 5.92 Å². The lowest BCUT2D eigenvalue weighted by molar-refractivity contribution is -0.117. The first-order valence-corrected chi connectivity index (χ1v) is 8.95. The highest BCUT2D eigenvalue weighted by Crippen LogP contribution is 2.33. The lowest BCUT2D eigenvalue weighted by atomic mass is 10.2. The van der Waals surface area contributed by atoms with Crippen molar-refractivity contribution in [3.05, 3.63) is 40.2 Å². The number of hydrogen-bond acceptors (Lipinski definition) is 6. The molecule has 2 aromatic heterocycles. The van der Waals surface area contributed by atoms with Crippen molar-refractivity contribution < 1.29 is 14.6 Å². The Bertz CT molecular complexity index is 1110. The molecule has 28 heavy (non-hydrogen) atoms. The number of anilines is 3. The number of nitrogens with one attached hydrogen (secondary N) is 3. The van der Waals surface area contributed by atoms with E-state index >= 15 is 0 Å². The van der Waals surface area contributed by atoms with E-state index in [0.717, 1.165) is 12.8 Å². The fraction of sp³-hybridized carbons (Fsp3) is 0.316. The van der Waals surface area contributed by atoms with Crippen LogP contribution in [0.2, 0.25) is 0 Å². The van der Waals surface area contributed by atoms with E-state index < -0.39 is 0 Å². The Morgan fingerprint density at radius 1 is 1.36 bits per heavy atom. The Kier molecular flexibility index (Phi) is 4.52. The molecule has 4 rings (SSSR count). The van der Waals surface area contributed by atoms with E-state index in [0.29, 0.717) is 39.5 Å². The third-order valence-corrected chi connectivity index (χ3v) is 4.73. The van der Waals surface area contributed by atoms with Crippen LogP contribution in [0.3, 0.4) is 0 Å². The van der Waals surface area contributed by atoms with E-state index in [1.165, 1.54) is 11.8 Å². The van der Waals surface area contributed by atoms with E-state index in [-0.39, 0.29) is 24.0 Å². The number of pyridine rings is 1. The number of carbonyl (C=O) groups is 1. The van der Waals surface area contributed by atoms with Crippen LogP contribution in [-0.2, 0) is 18.4 Å². The summed E-state index contributed by atoms with van der Waals surface area (Å²) in [4.78, 5) is 29.0. The second kappa shape index (κ2) is 7.01. The number of aromatic amines is 1. The number of aromatic nitrogens is 3. The third kappa shape index (κ3) is 3.31. The zero-order chi connectivity index (χ0) is 19.8. The molecule has 0 atom stereocenters. The molecule has 0 bridgehead atoms. The van der Waals surface area contributed by atoms with Crippen LogP contribution in [-0.4, -0.2) is 32.9 Å². The lowest BCUT2D eigenvalue weighted by Crippen LogP contribution is -2.15. The molecular formula is C19H21N5O4. The normalized spacial score (nSPS) is 13.5. The highest BCUT2D eigenvalue weighted by atomic mass is 16.5. The minimum Gasteiger partial charge on any atom is -0.495 e. The summed E-state index contributed by atoms with van der Waals surface area (Å²) in [5.41, 5.74) is 1.95. The van der Waals surface area contributed by atoms with Gasteiger partial charge in [-0.3, -0.25) is 19.4 Å². The molecule has 1 aliphatic rings. The number of H-pyrrole nitrogens is 1. The topological polar surface area (TPSA) is 121 Å². The van der Waals surface area contributed by atoms with Gasteiger partial charge in [-0.15, -0.1) is 0 Å². The number of aliphatic hydroxyl groups is 1. The average Bonchev–Trinajstić information content (AvgIpc) is 3.49. The fourth-order valence-corrected chi connectivity index (χ4v) is 3.04. The van der Waals surface area contributed by atoms with Gasteiger partial charge in [0.2, 0.25) is 5.91 Å². The smallest absolute Gasteiger partial charge is 0.277 e. The van der Waals surface area contributed by atoms with E-state index in [1.54, 1.807) is 31.3 Å². The molecule has 1 aliphatic carbocycles.